The van der Waals surface area contributed by atoms with Crippen LogP contribution in [0.5, 0.6) is 0 Å². The molecule has 0 bridgehead atoms. The van der Waals surface area contributed by atoms with Crippen LogP contribution in [0.2, 0.25) is 0 Å². The van der Waals surface area contributed by atoms with E-state index < -0.39 is 0 Å². The Hall–Kier alpha value is -1.13. The highest BCUT2D eigenvalue weighted by Gasteiger charge is 2.14. The number of ether oxygens (including phenoxy) is 1. The van der Waals surface area contributed by atoms with Crippen molar-refractivity contribution in [3.05, 3.63) is 30.6 Å². The van der Waals surface area contributed by atoms with E-state index in [0.717, 1.165) is 32.7 Å². The standard InChI is InChI=1S/C15H25N3O/c1-3-8-18-13-14(11-16-18)12-17(2)9-7-15-6-4-5-10-19-15/h3,11,13,15H,1,4-10,12H2,2H3. The van der Waals surface area contributed by atoms with Crippen LogP contribution >= 0.6 is 0 Å². The molecule has 0 amide bonds. The first kappa shape index (κ1) is 14.3. The molecule has 0 radical (unpaired) electrons. The Labute approximate surface area is 116 Å². The fraction of sp³-hybridized carbons (Fsp3) is 0.667. The lowest BCUT2D eigenvalue weighted by molar-refractivity contribution is 0.00641. The second-order valence-electron chi connectivity index (χ2n) is 5.37. The summed E-state index contributed by atoms with van der Waals surface area (Å²) in [4.78, 5) is 2.34. The van der Waals surface area contributed by atoms with Crippen LogP contribution in [0.15, 0.2) is 25.0 Å². The zero-order chi connectivity index (χ0) is 13.5. The summed E-state index contributed by atoms with van der Waals surface area (Å²) in [5.74, 6) is 0. The van der Waals surface area contributed by atoms with E-state index >= 15 is 0 Å². The first-order valence-electron chi connectivity index (χ1n) is 7.20. The van der Waals surface area contributed by atoms with Crippen LogP contribution in [-0.4, -0.2) is 41.0 Å². The number of hydrogen-bond donors (Lipinski definition) is 0. The molecule has 1 atom stereocenters. The van der Waals surface area contributed by atoms with E-state index in [9.17, 15) is 0 Å². The minimum Gasteiger partial charge on any atom is -0.378 e. The Morgan fingerprint density at radius 3 is 3.21 bits per heavy atom. The lowest BCUT2D eigenvalue weighted by Crippen LogP contribution is -2.26. The number of nitrogens with zero attached hydrogens (tertiary/aromatic N) is 3. The SMILES string of the molecule is C=CCn1cc(CN(C)CCC2CCCCO2)cn1. The number of aromatic nitrogens is 2. The average Bonchev–Trinajstić information content (AvgIpc) is 2.85. The topological polar surface area (TPSA) is 30.3 Å². The van der Waals surface area contributed by atoms with Crippen molar-refractivity contribution >= 4 is 0 Å². The third-order valence-corrected chi connectivity index (χ3v) is 3.56. The summed E-state index contributed by atoms with van der Waals surface area (Å²) < 4.78 is 7.68. The molecule has 2 heterocycles. The van der Waals surface area contributed by atoms with Gasteiger partial charge in [-0.3, -0.25) is 4.68 Å². The Morgan fingerprint density at radius 2 is 2.47 bits per heavy atom. The van der Waals surface area contributed by atoms with Crippen LogP contribution in [0.3, 0.4) is 0 Å². The zero-order valence-electron chi connectivity index (χ0n) is 11.9. The first-order valence-corrected chi connectivity index (χ1v) is 7.20. The minimum atomic E-state index is 0.472. The van der Waals surface area contributed by atoms with Gasteiger partial charge in [0.2, 0.25) is 0 Å². The molecule has 1 fully saturated rings. The van der Waals surface area contributed by atoms with Crippen molar-refractivity contribution in [3.8, 4) is 0 Å². The van der Waals surface area contributed by atoms with E-state index in [1.165, 1.54) is 24.8 Å². The highest BCUT2D eigenvalue weighted by Crippen LogP contribution is 2.16. The smallest absolute Gasteiger partial charge is 0.0587 e. The monoisotopic (exact) mass is 263 g/mol. The average molecular weight is 263 g/mol. The summed E-state index contributed by atoms with van der Waals surface area (Å²) in [5, 5.41) is 4.30. The molecular weight excluding hydrogens is 238 g/mol. The van der Waals surface area contributed by atoms with Crippen LogP contribution in [0.1, 0.15) is 31.2 Å². The van der Waals surface area contributed by atoms with Gasteiger partial charge in [-0.1, -0.05) is 6.08 Å². The van der Waals surface area contributed by atoms with E-state index in [1.807, 2.05) is 17.0 Å². The van der Waals surface area contributed by atoms with Crippen LogP contribution < -0.4 is 0 Å². The van der Waals surface area contributed by atoms with Crippen LogP contribution in [0.4, 0.5) is 0 Å². The van der Waals surface area contributed by atoms with Gasteiger partial charge >= 0.3 is 0 Å². The quantitative estimate of drug-likeness (QED) is 0.708. The molecule has 0 aromatic carbocycles. The second kappa shape index (κ2) is 7.46. The molecule has 2 rings (SSSR count). The third-order valence-electron chi connectivity index (χ3n) is 3.56. The largest absolute Gasteiger partial charge is 0.378 e. The second-order valence-corrected chi connectivity index (χ2v) is 5.37. The fourth-order valence-electron chi connectivity index (χ4n) is 2.51. The van der Waals surface area contributed by atoms with Crippen molar-refractivity contribution in [3.63, 3.8) is 0 Å². The van der Waals surface area contributed by atoms with Gasteiger partial charge in [-0.2, -0.15) is 5.10 Å². The maximum atomic E-state index is 5.76. The summed E-state index contributed by atoms with van der Waals surface area (Å²) in [5.41, 5.74) is 1.26. The Kier molecular flexibility index (Phi) is 5.61. The van der Waals surface area contributed by atoms with Gasteiger partial charge in [-0.25, -0.2) is 0 Å². The summed E-state index contributed by atoms with van der Waals surface area (Å²) in [6, 6.07) is 0. The highest BCUT2D eigenvalue weighted by atomic mass is 16.5. The molecule has 4 heteroatoms. The van der Waals surface area contributed by atoms with Gasteiger partial charge in [0.15, 0.2) is 0 Å². The van der Waals surface area contributed by atoms with Gasteiger partial charge in [-0.15, -0.1) is 6.58 Å². The van der Waals surface area contributed by atoms with Crippen LogP contribution in [-0.2, 0) is 17.8 Å². The van der Waals surface area contributed by atoms with Gasteiger partial charge in [-0.05, 0) is 32.7 Å². The van der Waals surface area contributed by atoms with Gasteiger partial charge in [0, 0.05) is 31.5 Å². The van der Waals surface area contributed by atoms with Crippen molar-refractivity contribution in [2.24, 2.45) is 0 Å². The van der Waals surface area contributed by atoms with Gasteiger partial charge < -0.3 is 9.64 Å². The maximum absolute atomic E-state index is 5.76. The van der Waals surface area contributed by atoms with Gasteiger partial charge in [0.1, 0.15) is 0 Å². The van der Waals surface area contributed by atoms with Crippen molar-refractivity contribution in [2.45, 2.75) is 44.9 Å². The predicted molar refractivity (Wildman–Crippen MR) is 77.0 cm³/mol. The number of hydrogen-bond acceptors (Lipinski definition) is 3. The van der Waals surface area contributed by atoms with Crippen molar-refractivity contribution in [2.75, 3.05) is 20.2 Å². The van der Waals surface area contributed by atoms with Crippen molar-refractivity contribution in [1.82, 2.24) is 14.7 Å². The minimum absolute atomic E-state index is 0.472. The zero-order valence-corrected chi connectivity index (χ0v) is 11.9. The maximum Gasteiger partial charge on any atom is 0.0587 e. The van der Waals surface area contributed by atoms with E-state index in [0.29, 0.717) is 6.10 Å². The molecule has 0 saturated carbocycles. The van der Waals surface area contributed by atoms with E-state index in [4.69, 9.17) is 4.74 Å². The van der Waals surface area contributed by atoms with Crippen molar-refractivity contribution in [1.29, 1.82) is 0 Å². The lowest BCUT2D eigenvalue weighted by Gasteiger charge is -2.25. The molecule has 0 aliphatic carbocycles. The van der Waals surface area contributed by atoms with Crippen molar-refractivity contribution < 1.29 is 4.74 Å². The molecule has 1 unspecified atom stereocenters. The highest BCUT2D eigenvalue weighted by molar-refractivity contribution is 5.03. The lowest BCUT2D eigenvalue weighted by atomic mass is 10.1. The molecule has 19 heavy (non-hydrogen) atoms. The van der Waals surface area contributed by atoms with Gasteiger partial charge in [0.05, 0.1) is 18.8 Å². The van der Waals surface area contributed by atoms with E-state index in [2.05, 4.69) is 29.8 Å². The molecule has 0 spiro atoms. The molecule has 1 saturated heterocycles. The summed E-state index contributed by atoms with van der Waals surface area (Å²) in [6.45, 7) is 7.48. The number of rotatable bonds is 7. The summed E-state index contributed by atoms with van der Waals surface area (Å²) in [6.07, 6.45) is 11.3. The summed E-state index contributed by atoms with van der Waals surface area (Å²) >= 11 is 0. The van der Waals surface area contributed by atoms with Crippen LogP contribution in [0.25, 0.3) is 0 Å². The third kappa shape index (κ3) is 4.80. The van der Waals surface area contributed by atoms with Crippen LogP contribution in [0, 0.1) is 0 Å². The summed E-state index contributed by atoms with van der Waals surface area (Å²) in [7, 11) is 2.16. The molecule has 106 valence electrons. The van der Waals surface area contributed by atoms with Gasteiger partial charge in [0.25, 0.3) is 0 Å². The first-order chi connectivity index (χ1) is 9.28. The molecule has 4 nitrogen and oxygen atoms in total. The Balaban J connectivity index is 1.70. The van der Waals surface area contributed by atoms with E-state index in [-0.39, 0.29) is 0 Å². The molecular formula is C15H25N3O. The molecule has 1 aliphatic rings. The number of allylic oxidation sites excluding steroid dienone is 1. The van der Waals surface area contributed by atoms with E-state index in [1.54, 1.807) is 0 Å². The fourth-order valence-corrected chi connectivity index (χ4v) is 2.51. The Morgan fingerprint density at radius 1 is 1.58 bits per heavy atom. The predicted octanol–water partition coefficient (Wildman–Crippen LogP) is 2.46. The Bertz CT molecular complexity index is 382. The molecule has 1 aromatic heterocycles. The molecule has 1 aliphatic heterocycles. The normalized spacial score (nSPS) is 19.8. The molecule has 1 aromatic rings. The molecule has 0 N–H and O–H groups in total.